The molecule has 0 unspecified atom stereocenters. The van der Waals surface area contributed by atoms with Gasteiger partial charge in [-0.05, 0) is 36.2 Å². The average Bonchev–Trinajstić information content (AvgIpc) is 2.54. The van der Waals surface area contributed by atoms with Crippen molar-refractivity contribution in [3.05, 3.63) is 65.2 Å². The highest BCUT2D eigenvalue weighted by atomic mass is 16.2. The zero-order valence-corrected chi connectivity index (χ0v) is 12.8. The van der Waals surface area contributed by atoms with Crippen LogP contribution in [0.25, 0.3) is 0 Å². The van der Waals surface area contributed by atoms with Crippen molar-refractivity contribution in [3.8, 4) is 6.07 Å². The van der Waals surface area contributed by atoms with Crippen LogP contribution in [-0.2, 0) is 11.3 Å². The fourth-order valence-corrected chi connectivity index (χ4v) is 2.09. The lowest BCUT2D eigenvalue weighted by Gasteiger charge is -2.08. The summed E-state index contributed by atoms with van der Waals surface area (Å²) in [5.41, 5.74) is 3.14. The predicted octanol–water partition coefficient (Wildman–Crippen LogP) is 2.78. The van der Waals surface area contributed by atoms with Gasteiger partial charge < -0.3 is 10.6 Å². The molecule has 2 aromatic carbocycles. The number of nitrogens with zero attached hydrogens (tertiary/aromatic N) is 1. The van der Waals surface area contributed by atoms with E-state index in [1.165, 1.54) is 0 Å². The molecule has 2 N–H and O–H groups in total. The molecule has 0 saturated heterocycles. The molecule has 2 rings (SSSR count). The van der Waals surface area contributed by atoms with Crippen molar-refractivity contribution in [2.75, 3.05) is 5.32 Å². The number of hydrogen-bond donors (Lipinski definition) is 2. The molecule has 0 spiro atoms. The summed E-state index contributed by atoms with van der Waals surface area (Å²) in [6.45, 7) is 2.30. The van der Waals surface area contributed by atoms with Gasteiger partial charge in [0.05, 0.1) is 6.07 Å². The smallest absolute Gasteiger partial charge is 0.251 e. The highest BCUT2D eigenvalue weighted by Crippen LogP contribution is 2.11. The molecule has 0 atom stereocenters. The summed E-state index contributed by atoms with van der Waals surface area (Å²) in [4.78, 5) is 23.4. The standard InChI is InChI=1S/C18H17N3O2/c1-13-4-2-3-5-16(13)18(23)20-12-14-6-8-15(9-7-14)21-17(22)10-11-19/h2-9H,10,12H2,1H3,(H,20,23)(H,21,22). The van der Waals surface area contributed by atoms with E-state index in [0.717, 1.165) is 11.1 Å². The Morgan fingerprint density at radius 3 is 2.43 bits per heavy atom. The van der Waals surface area contributed by atoms with E-state index in [-0.39, 0.29) is 18.2 Å². The summed E-state index contributed by atoms with van der Waals surface area (Å²) in [6.07, 6.45) is -0.172. The zero-order chi connectivity index (χ0) is 16.7. The minimum atomic E-state index is -0.340. The maximum absolute atomic E-state index is 12.1. The molecule has 0 aromatic heterocycles. The van der Waals surface area contributed by atoms with Crippen molar-refractivity contribution < 1.29 is 9.59 Å². The van der Waals surface area contributed by atoms with Gasteiger partial charge in [-0.25, -0.2) is 0 Å². The summed E-state index contributed by atoms with van der Waals surface area (Å²) in [5, 5.41) is 13.9. The van der Waals surface area contributed by atoms with Crippen molar-refractivity contribution in [2.24, 2.45) is 0 Å². The third-order valence-corrected chi connectivity index (χ3v) is 3.32. The maximum Gasteiger partial charge on any atom is 0.251 e. The van der Waals surface area contributed by atoms with Gasteiger partial charge in [-0.2, -0.15) is 5.26 Å². The minimum absolute atomic E-state index is 0.116. The number of rotatable bonds is 5. The number of carbonyl (C=O) groups excluding carboxylic acids is 2. The van der Waals surface area contributed by atoms with E-state index in [4.69, 9.17) is 5.26 Å². The van der Waals surface area contributed by atoms with Crippen molar-refractivity contribution in [1.82, 2.24) is 5.32 Å². The Kier molecular flexibility index (Phi) is 5.48. The van der Waals surface area contributed by atoms with E-state index >= 15 is 0 Å². The summed E-state index contributed by atoms with van der Waals surface area (Å²) in [5.74, 6) is -0.456. The van der Waals surface area contributed by atoms with Gasteiger partial charge in [0.15, 0.2) is 0 Å². The van der Waals surface area contributed by atoms with E-state index in [1.54, 1.807) is 24.3 Å². The van der Waals surface area contributed by atoms with Gasteiger partial charge in [-0.15, -0.1) is 0 Å². The molecule has 0 aliphatic carbocycles. The van der Waals surface area contributed by atoms with Crippen molar-refractivity contribution in [3.63, 3.8) is 0 Å². The Morgan fingerprint density at radius 2 is 1.78 bits per heavy atom. The van der Waals surface area contributed by atoms with Crippen LogP contribution in [0.5, 0.6) is 0 Å². The van der Waals surface area contributed by atoms with Crippen molar-refractivity contribution in [2.45, 2.75) is 19.9 Å². The Balaban J connectivity index is 1.92. The van der Waals surface area contributed by atoms with Crippen LogP contribution in [0.2, 0.25) is 0 Å². The number of carbonyl (C=O) groups is 2. The number of amides is 2. The lowest BCUT2D eigenvalue weighted by atomic mass is 10.1. The van der Waals surface area contributed by atoms with Gasteiger partial charge in [0, 0.05) is 17.8 Å². The van der Waals surface area contributed by atoms with Crippen LogP contribution in [-0.4, -0.2) is 11.8 Å². The summed E-state index contributed by atoms with van der Waals surface area (Å²) < 4.78 is 0. The normalized spacial score (nSPS) is 9.74. The Labute approximate surface area is 134 Å². The molecule has 0 heterocycles. The topological polar surface area (TPSA) is 82.0 Å². The van der Waals surface area contributed by atoms with Gasteiger partial charge in [0.2, 0.25) is 5.91 Å². The third-order valence-electron chi connectivity index (χ3n) is 3.32. The molecule has 5 heteroatoms. The second-order valence-electron chi connectivity index (χ2n) is 5.08. The summed E-state index contributed by atoms with van der Waals surface area (Å²) in [7, 11) is 0. The number of nitrogens with one attached hydrogen (secondary N) is 2. The monoisotopic (exact) mass is 307 g/mol. The van der Waals surface area contributed by atoms with E-state index in [1.807, 2.05) is 37.3 Å². The van der Waals surface area contributed by atoms with Crippen LogP contribution in [0.1, 0.15) is 27.9 Å². The molecule has 2 amide bonds. The number of aryl methyl sites for hydroxylation is 1. The number of anilines is 1. The summed E-state index contributed by atoms with van der Waals surface area (Å²) in [6, 6.07) is 16.3. The molecule has 0 saturated carbocycles. The van der Waals surface area contributed by atoms with Gasteiger partial charge in [-0.1, -0.05) is 30.3 Å². The first-order valence-electron chi connectivity index (χ1n) is 7.19. The molecule has 116 valence electrons. The molecule has 2 aromatic rings. The van der Waals surface area contributed by atoms with Crippen LogP contribution in [0.15, 0.2) is 48.5 Å². The SMILES string of the molecule is Cc1ccccc1C(=O)NCc1ccc(NC(=O)CC#N)cc1. The number of nitriles is 1. The Hall–Kier alpha value is -3.13. The molecule has 0 bridgehead atoms. The molecular weight excluding hydrogens is 290 g/mol. The summed E-state index contributed by atoms with van der Waals surface area (Å²) >= 11 is 0. The minimum Gasteiger partial charge on any atom is -0.348 e. The van der Waals surface area contributed by atoms with E-state index in [2.05, 4.69) is 10.6 Å². The lowest BCUT2D eigenvalue weighted by molar-refractivity contribution is -0.115. The molecule has 0 aliphatic heterocycles. The third kappa shape index (κ3) is 4.68. The molecule has 0 fully saturated rings. The maximum atomic E-state index is 12.1. The quantitative estimate of drug-likeness (QED) is 0.891. The van der Waals surface area contributed by atoms with E-state index in [0.29, 0.717) is 17.8 Å². The predicted molar refractivity (Wildman–Crippen MR) is 87.7 cm³/mol. The first kappa shape index (κ1) is 16.2. The second-order valence-corrected chi connectivity index (χ2v) is 5.08. The lowest BCUT2D eigenvalue weighted by Crippen LogP contribution is -2.23. The van der Waals surface area contributed by atoms with Gasteiger partial charge in [0.25, 0.3) is 5.91 Å². The first-order valence-corrected chi connectivity index (χ1v) is 7.19. The van der Waals surface area contributed by atoms with Crippen LogP contribution in [0, 0.1) is 18.3 Å². The largest absolute Gasteiger partial charge is 0.348 e. The molecule has 0 radical (unpaired) electrons. The highest BCUT2D eigenvalue weighted by molar-refractivity contribution is 5.95. The van der Waals surface area contributed by atoms with Gasteiger partial charge in [0.1, 0.15) is 6.42 Å². The van der Waals surface area contributed by atoms with Crippen LogP contribution >= 0.6 is 0 Å². The number of hydrogen-bond acceptors (Lipinski definition) is 3. The molecule has 5 nitrogen and oxygen atoms in total. The van der Waals surface area contributed by atoms with E-state index < -0.39 is 0 Å². The first-order chi connectivity index (χ1) is 11.1. The molecule has 0 aliphatic rings. The molecule has 23 heavy (non-hydrogen) atoms. The van der Waals surface area contributed by atoms with Crippen molar-refractivity contribution in [1.29, 1.82) is 5.26 Å². The zero-order valence-electron chi connectivity index (χ0n) is 12.8. The van der Waals surface area contributed by atoms with Crippen LogP contribution in [0.3, 0.4) is 0 Å². The second kappa shape index (κ2) is 7.76. The number of benzene rings is 2. The Bertz CT molecular complexity index is 746. The fraction of sp³-hybridized carbons (Fsp3) is 0.167. The van der Waals surface area contributed by atoms with Crippen LogP contribution < -0.4 is 10.6 Å². The Morgan fingerprint density at radius 1 is 1.09 bits per heavy atom. The van der Waals surface area contributed by atoms with Gasteiger partial charge >= 0.3 is 0 Å². The average molecular weight is 307 g/mol. The van der Waals surface area contributed by atoms with Crippen molar-refractivity contribution >= 4 is 17.5 Å². The van der Waals surface area contributed by atoms with Crippen LogP contribution in [0.4, 0.5) is 5.69 Å². The fourth-order valence-electron chi connectivity index (χ4n) is 2.09. The van der Waals surface area contributed by atoms with E-state index in [9.17, 15) is 9.59 Å². The highest BCUT2D eigenvalue weighted by Gasteiger charge is 2.07. The van der Waals surface area contributed by atoms with Gasteiger partial charge in [-0.3, -0.25) is 9.59 Å². The molecular formula is C18H17N3O2.